The molecule has 3 aliphatic rings. The molecular formula is C24H26F5NO5S2. The molecule has 37 heavy (non-hydrogen) atoms. The molecule has 0 spiro atoms. The molecule has 2 aromatic rings. The molecule has 204 valence electrons. The molecule has 0 unspecified atom stereocenters. The van der Waals surface area contributed by atoms with Gasteiger partial charge in [-0.15, -0.1) is 0 Å². The molecule has 0 bridgehead atoms. The SMILES string of the molecule is C.C[C@@H]1C[C@@H]2[C@@H](CC[C@@]3(S(=O)(=O)c4ccc(C(F)(F)F)cc4)c4c(F)ccc(F)c4OC[C@@H]23)NS1(=O)=O. The normalized spacial score (nSPS) is 30.6. The minimum Gasteiger partial charge on any atom is -0.490 e. The van der Waals surface area contributed by atoms with E-state index in [9.17, 15) is 34.4 Å². The maximum absolute atomic E-state index is 15.4. The smallest absolute Gasteiger partial charge is 0.416 e. The van der Waals surface area contributed by atoms with Crippen LogP contribution in [-0.2, 0) is 30.8 Å². The summed E-state index contributed by atoms with van der Waals surface area (Å²) in [4.78, 5) is -0.472. The van der Waals surface area contributed by atoms with Crippen molar-refractivity contribution in [3.8, 4) is 5.75 Å². The Morgan fingerprint density at radius 3 is 2.30 bits per heavy atom. The van der Waals surface area contributed by atoms with E-state index in [1.807, 2.05) is 0 Å². The fraction of sp³-hybridized carbons (Fsp3) is 0.500. The van der Waals surface area contributed by atoms with Gasteiger partial charge in [-0.3, -0.25) is 0 Å². The van der Waals surface area contributed by atoms with Gasteiger partial charge in [0.15, 0.2) is 21.4 Å². The van der Waals surface area contributed by atoms with E-state index in [0.717, 1.165) is 24.3 Å². The molecule has 2 heterocycles. The number of benzene rings is 2. The predicted molar refractivity (Wildman–Crippen MR) is 125 cm³/mol. The van der Waals surface area contributed by atoms with Gasteiger partial charge in [0, 0.05) is 12.0 Å². The number of halogens is 5. The third-order valence-corrected chi connectivity index (χ3v) is 12.2. The lowest BCUT2D eigenvalue weighted by atomic mass is 9.64. The molecule has 1 saturated carbocycles. The molecule has 13 heteroatoms. The first-order valence-electron chi connectivity index (χ1n) is 11.2. The lowest BCUT2D eigenvalue weighted by Gasteiger charge is -2.54. The first-order chi connectivity index (χ1) is 16.7. The van der Waals surface area contributed by atoms with Crippen LogP contribution in [0.25, 0.3) is 0 Å². The Balaban J connectivity index is 0.00000320. The van der Waals surface area contributed by atoms with Crippen LogP contribution in [0.1, 0.15) is 44.7 Å². The first-order valence-corrected chi connectivity index (χ1v) is 14.3. The van der Waals surface area contributed by atoms with Crippen LogP contribution in [0.3, 0.4) is 0 Å². The van der Waals surface area contributed by atoms with Crippen molar-refractivity contribution in [3.05, 3.63) is 59.2 Å². The number of hydrogen-bond donors (Lipinski definition) is 1. The van der Waals surface area contributed by atoms with Crippen molar-refractivity contribution in [2.24, 2.45) is 11.8 Å². The third-order valence-electron chi connectivity index (χ3n) is 7.77. The number of ether oxygens (including phenoxy) is 1. The molecule has 0 aromatic heterocycles. The van der Waals surface area contributed by atoms with E-state index in [1.165, 1.54) is 6.92 Å². The van der Waals surface area contributed by atoms with Crippen molar-refractivity contribution in [2.45, 2.75) is 60.7 Å². The van der Waals surface area contributed by atoms with Crippen LogP contribution < -0.4 is 9.46 Å². The first kappa shape index (κ1) is 27.8. The fourth-order valence-corrected chi connectivity index (χ4v) is 9.84. The molecule has 5 atom stereocenters. The van der Waals surface area contributed by atoms with Gasteiger partial charge in [-0.05, 0) is 68.5 Å². The molecule has 5 rings (SSSR count). The van der Waals surface area contributed by atoms with E-state index in [1.54, 1.807) is 0 Å². The number of sulfonamides is 1. The number of fused-ring (bicyclic) bond motifs is 5. The van der Waals surface area contributed by atoms with E-state index in [-0.39, 0.29) is 33.3 Å². The summed E-state index contributed by atoms with van der Waals surface area (Å²) in [7, 11) is -8.28. The zero-order chi connectivity index (χ0) is 26.3. The van der Waals surface area contributed by atoms with Crippen molar-refractivity contribution in [2.75, 3.05) is 6.61 Å². The monoisotopic (exact) mass is 567 g/mol. The van der Waals surface area contributed by atoms with Crippen LogP contribution in [-0.4, -0.2) is 34.7 Å². The lowest BCUT2D eigenvalue weighted by molar-refractivity contribution is -0.137. The van der Waals surface area contributed by atoms with Crippen molar-refractivity contribution in [1.29, 1.82) is 0 Å². The molecule has 1 aliphatic carbocycles. The maximum atomic E-state index is 15.4. The van der Waals surface area contributed by atoms with Gasteiger partial charge in [-0.1, -0.05) is 7.43 Å². The summed E-state index contributed by atoms with van der Waals surface area (Å²) in [5.41, 5.74) is -1.56. The fourth-order valence-electron chi connectivity index (χ4n) is 6.02. The summed E-state index contributed by atoms with van der Waals surface area (Å²) in [6, 6.07) is 3.85. The minimum absolute atomic E-state index is 0. The molecule has 2 fully saturated rings. The maximum Gasteiger partial charge on any atom is 0.416 e. The van der Waals surface area contributed by atoms with Gasteiger partial charge in [-0.25, -0.2) is 30.3 Å². The highest BCUT2D eigenvalue weighted by atomic mass is 32.2. The molecule has 2 aliphatic heterocycles. The van der Waals surface area contributed by atoms with Crippen LogP contribution in [0.5, 0.6) is 5.75 Å². The van der Waals surface area contributed by atoms with Gasteiger partial charge in [0.25, 0.3) is 0 Å². The second-order valence-electron chi connectivity index (χ2n) is 9.58. The molecular weight excluding hydrogens is 541 g/mol. The predicted octanol–water partition coefficient (Wildman–Crippen LogP) is 4.79. The highest BCUT2D eigenvalue weighted by Gasteiger charge is 2.64. The largest absolute Gasteiger partial charge is 0.490 e. The topological polar surface area (TPSA) is 89.5 Å². The van der Waals surface area contributed by atoms with E-state index in [4.69, 9.17) is 4.74 Å². The van der Waals surface area contributed by atoms with Crippen LogP contribution in [0.2, 0.25) is 0 Å². The van der Waals surface area contributed by atoms with E-state index in [0.29, 0.717) is 12.1 Å². The van der Waals surface area contributed by atoms with Gasteiger partial charge in [0.1, 0.15) is 10.6 Å². The second kappa shape index (κ2) is 8.91. The average Bonchev–Trinajstić information content (AvgIpc) is 2.81. The van der Waals surface area contributed by atoms with E-state index >= 15 is 4.39 Å². The van der Waals surface area contributed by atoms with Crippen molar-refractivity contribution in [1.82, 2.24) is 4.72 Å². The highest BCUT2D eigenvalue weighted by molar-refractivity contribution is 7.92. The van der Waals surface area contributed by atoms with Crippen molar-refractivity contribution in [3.63, 3.8) is 0 Å². The van der Waals surface area contributed by atoms with Crippen LogP contribution in [0.15, 0.2) is 41.3 Å². The quantitative estimate of drug-likeness (QED) is 0.528. The molecule has 1 N–H and O–H groups in total. The molecule has 1 saturated heterocycles. The van der Waals surface area contributed by atoms with Crippen molar-refractivity contribution >= 4 is 19.9 Å². The average molecular weight is 568 g/mol. The second-order valence-corrected chi connectivity index (χ2v) is 13.9. The zero-order valence-electron chi connectivity index (χ0n) is 18.8. The zero-order valence-corrected chi connectivity index (χ0v) is 20.5. The number of hydrogen-bond acceptors (Lipinski definition) is 5. The Hall–Kier alpha value is -2.25. The number of nitrogens with one attached hydrogen (secondary N) is 1. The summed E-state index contributed by atoms with van der Waals surface area (Å²) in [6.07, 6.45) is -4.92. The number of alkyl halides is 3. The summed E-state index contributed by atoms with van der Waals surface area (Å²) in [5.74, 6) is -4.12. The van der Waals surface area contributed by atoms with Gasteiger partial charge < -0.3 is 4.74 Å². The van der Waals surface area contributed by atoms with Gasteiger partial charge in [-0.2, -0.15) is 13.2 Å². The molecule has 0 radical (unpaired) electrons. The van der Waals surface area contributed by atoms with Gasteiger partial charge in [0.2, 0.25) is 10.0 Å². The minimum atomic E-state index is -4.70. The Morgan fingerprint density at radius 2 is 1.68 bits per heavy atom. The summed E-state index contributed by atoms with van der Waals surface area (Å²) < 4.78 is 129. The van der Waals surface area contributed by atoms with Crippen LogP contribution in [0.4, 0.5) is 22.0 Å². The Bertz CT molecular complexity index is 1430. The molecule has 2 aromatic carbocycles. The number of sulfone groups is 1. The Kier molecular flexibility index (Phi) is 6.69. The molecule has 0 amide bonds. The highest BCUT2D eigenvalue weighted by Crippen LogP contribution is 2.59. The van der Waals surface area contributed by atoms with E-state index < -0.39 is 87.3 Å². The molecule has 6 nitrogen and oxygen atoms in total. The summed E-state index contributed by atoms with van der Waals surface area (Å²) >= 11 is 0. The third kappa shape index (κ3) is 4.04. The van der Waals surface area contributed by atoms with Gasteiger partial charge in [0.05, 0.1) is 27.9 Å². The van der Waals surface area contributed by atoms with Crippen molar-refractivity contribution < 1.29 is 43.5 Å². The standard InChI is InChI=1S/C23H22F5NO5S2.CH4/c1-12-10-15-16-11-34-21-18(25)7-6-17(24)20(21)22(16,9-8-19(15)29-36(12,32)33)35(30,31)14-4-2-13(3-5-14)23(26,27)28;/h2-7,12,15-16,19,29H,8-11H2,1H3;1H4/t12-,15+,16+,19-,22+;/m1./s1. The Morgan fingerprint density at radius 1 is 1.05 bits per heavy atom. The van der Waals surface area contributed by atoms with Gasteiger partial charge >= 0.3 is 6.18 Å². The lowest BCUT2D eigenvalue weighted by Crippen LogP contribution is -2.63. The van der Waals surface area contributed by atoms with Crippen LogP contribution >= 0.6 is 0 Å². The summed E-state index contributed by atoms with van der Waals surface area (Å²) in [6.45, 7) is 1.14. The van der Waals surface area contributed by atoms with E-state index in [2.05, 4.69) is 4.72 Å². The summed E-state index contributed by atoms with van der Waals surface area (Å²) in [5, 5.41) is -0.873. The van der Waals surface area contributed by atoms with Crippen LogP contribution in [0, 0.1) is 23.5 Å². The number of rotatable bonds is 2. The Labute approximate surface area is 212 Å².